The first-order chi connectivity index (χ1) is 11.5. The smallest absolute Gasteiger partial charge is 0.290 e. The second-order valence-corrected chi connectivity index (χ2v) is 6.28. The Labute approximate surface area is 144 Å². The van der Waals surface area contributed by atoms with Crippen molar-refractivity contribution in [1.82, 2.24) is 15.4 Å². The van der Waals surface area contributed by atoms with E-state index in [1.54, 1.807) is 30.0 Å². The maximum Gasteiger partial charge on any atom is 0.290 e. The summed E-state index contributed by atoms with van der Waals surface area (Å²) in [6.45, 7) is 2.87. The van der Waals surface area contributed by atoms with Crippen molar-refractivity contribution in [3.05, 3.63) is 41.1 Å². The van der Waals surface area contributed by atoms with E-state index >= 15 is 0 Å². The van der Waals surface area contributed by atoms with Crippen LogP contribution in [0.2, 0.25) is 5.02 Å². The number of carbonyl (C=O) groups is 2. The molecular formula is C17H18ClN3O3. The van der Waals surface area contributed by atoms with Crippen molar-refractivity contribution in [2.75, 3.05) is 13.1 Å². The van der Waals surface area contributed by atoms with Crippen molar-refractivity contribution in [1.29, 1.82) is 0 Å². The third-order valence-corrected chi connectivity index (χ3v) is 4.36. The quantitative estimate of drug-likeness (QED) is 0.926. The number of benzene rings is 1. The number of carbonyl (C=O) groups excluding carboxylic acids is 2. The molecule has 2 amide bonds. The summed E-state index contributed by atoms with van der Waals surface area (Å²) in [5, 5.41) is 7.46. The minimum Gasteiger partial charge on any atom is -0.350 e. The average molecular weight is 348 g/mol. The standard InChI is InChI=1S/C17H18ClN3O3/c1-11(22)21-7-5-14(6-8-21)19-17(23)16-10-15(20-24-16)12-3-2-4-13(18)9-12/h2-4,9-10,14H,5-8H2,1H3,(H,19,23). The molecule has 1 saturated heterocycles. The van der Waals surface area contributed by atoms with Gasteiger partial charge >= 0.3 is 0 Å². The number of aromatic nitrogens is 1. The fourth-order valence-electron chi connectivity index (χ4n) is 2.76. The van der Waals surface area contributed by atoms with E-state index in [0.29, 0.717) is 23.8 Å². The van der Waals surface area contributed by atoms with E-state index in [4.69, 9.17) is 16.1 Å². The molecule has 126 valence electrons. The predicted molar refractivity (Wildman–Crippen MR) is 89.7 cm³/mol. The molecule has 0 radical (unpaired) electrons. The lowest BCUT2D eigenvalue weighted by molar-refractivity contribution is -0.129. The minimum atomic E-state index is -0.294. The molecule has 0 bridgehead atoms. The molecule has 0 unspecified atom stereocenters. The first kappa shape index (κ1) is 16.5. The molecule has 1 aliphatic rings. The number of piperidine rings is 1. The van der Waals surface area contributed by atoms with Crippen molar-refractivity contribution in [2.45, 2.75) is 25.8 Å². The van der Waals surface area contributed by atoms with Crippen LogP contribution in [0.1, 0.15) is 30.3 Å². The summed E-state index contributed by atoms with van der Waals surface area (Å²) in [6.07, 6.45) is 1.47. The molecule has 24 heavy (non-hydrogen) atoms. The van der Waals surface area contributed by atoms with E-state index in [1.165, 1.54) is 0 Å². The Morgan fingerprint density at radius 1 is 1.29 bits per heavy atom. The first-order valence-electron chi connectivity index (χ1n) is 7.82. The zero-order valence-corrected chi connectivity index (χ0v) is 14.0. The number of nitrogens with zero attached hydrogens (tertiary/aromatic N) is 2. The lowest BCUT2D eigenvalue weighted by atomic mass is 10.0. The normalized spacial score (nSPS) is 15.3. The highest BCUT2D eigenvalue weighted by molar-refractivity contribution is 6.30. The Morgan fingerprint density at radius 3 is 2.71 bits per heavy atom. The summed E-state index contributed by atoms with van der Waals surface area (Å²) in [5.41, 5.74) is 1.36. The molecule has 1 fully saturated rings. The van der Waals surface area contributed by atoms with Gasteiger partial charge in [0, 0.05) is 42.7 Å². The van der Waals surface area contributed by atoms with Crippen molar-refractivity contribution < 1.29 is 14.1 Å². The average Bonchev–Trinajstić information content (AvgIpc) is 3.05. The van der Waals surface area contributed by atoms with Crippen molar-refractivity contribution in [2.24, 2.45) is 0 Å². The molecule has 0 saturated carbocycles. The third-order valence-electron chi connectivity index (χ3n) is 4.13. The van der Waals surface area contributed by atoms with Crippen LogP contribution < -0.4 is 5.32 Å². The molecule has 2 heterocycles. The molecular weight excluding hydrogens is 330 g/mol. The molecule has 1 N–H and O–H groups in total. The lowest BCUT2D eigenvalue weighted by Crippen LogP contribution is -2.45. The van der Waals surface area contributed by atoms with Gasteiger partial charge in [-0.3, -0.25) is 9.59 Å². The molecule has 1 aromatic carbocycles. The van der Waals surface area contributed by atoms with E-state index in [0.717, 1.165) is 18.4 Å². The second kappa shape index (κ2) is 7.05. The van der Waals surface area contributed by atoms with Crippen LogP contribution in [0.25, 0.3) is 11.3 Å². The van der Waals surface area contributed by atoms with E-state index in [9.17, 15) is 9.59 Å². The zero-order chi connectivity index (χ0) is 17.1. The topological polar surface area (TPSA) is 75.4 Å². The molecule has 1 aromatic heterocycles. The molecule has 0 spiro atoms. The molecule has 0 aliphatic carbocycles. The van der Waals surface area contributed by atoms with Crippen molar-refractivity contribution in [3.8, 4) is 11.3 Å². The summed E-state index contributed by atoms with van der Waals surface area (Å²) in [5.74, 6) is -0.0581. The Hall–Kier alpha value is -2.34. The number of hydrogen-bond donors (Lipinski definition) is 1. The molecule has 6 nitrogen and oxygen atoms in total. The van der Waals surface area contributed by atoms with Crippen LogP contribution >= 0.6 is 11.6 Å². The number of rotatable bonds is 3. The first-order valence-corrected chi connectivity index (χ1v) is 8.20. The zero-order valence-electron chi connectivity index (χ0n) is 13.3. The van der Waals surface area contributed by atoms with Crippen molar-refractivity contribution in [3.63, 3.8) is 0 Å². The van der Waals surface area contributed by atoms with Crippen LogP contribution in [0, 0.1) is 0 Å². The van der Waals surface area contributed by atoms with Gasteiger partial charge in [0.2, 0.25) is 11.7 Å². The fourth-order valence-corrected chi connectivity index (χ4v) is 2.95. The van der Waals surface area contributed by atoms with Crippen LogP contribution in [-0.2, 0) is 4.79 Å². The van der Waals surface area contributed by atoms with Gasteiger partial charge in [-0.2, -0.15) is 0 Å². The Balaban J connectivity index is 1.61. The Bertz CT molecular complexity index is 751. The van der Waals surface area contributed by atoms with Gasteiger partial charge in [0.15, 0.2) is 0 Å². The summed E-state index contributed by atoms with van der Waals surface area (Å²) < 4.78 is 5.15. The van der Waals surface area contributed by atoms with E-state index in [-0.39, 0.29) is 23.6 Å². The highest BCUT2D eigenvalue weighted by Gasteiger charge is 2.24. The second-order valence-electron chi connectivity index (χ2n) is 5.84. The van der Waals surface area contributed by atoms with Crippen LogP contribution in [0.4, 0.5) is 0 Å². The largest absolute Gasteiger partial charge is 0.350 e. The highest BCUT2D eigenvalue weighted by Crippen LogP contribution is 2.22. The van der Waals surface area contributed by atoms with E-state index in [2.05, 4.69) is 10.5 Å². The maximum absolute atomic E-state index is 12.3. The number of hydrogen-bond acceptors (Lipinski definition) is 4. The third kappa shape index (κ3) is 3.76. The van der Waals surface area contributed by atoms with Gasteiger partial charge in [0.05, 0.1) is 0 Å². The molecule has 0 atom stereocenters. The highest BCUT2D eigenvalue weighted by atomic mass is 35.5. The Kier molecular flexibility index (Phi) is 4.85. The van der Waals surface area contributed by atoms with Gasteiger partial charge in [-0.1, -0.05) is 28.9 Å². The number of nitrogens with one attached hydrogen (secondary N) is 1. The molecule has 1 aliphatic heterocycles. The van der Waals surface area contributed by atoms with Crippen LogP contribution in [0.15, 0.2) is 34.9 Å². The maximum atomic E-state index is 12.3. The molecule has 3 rings (SSSR count). The fraction of sp³-hybridized carbons (Fsp3) is 0.353. The molecule has 2 aromatic rings. The SMILES string of the molecule is CC(=O)N1CCC(NC(=O)c2cc(-c3cccc(Cl)c3)no2)CC1. The van der Waals surface area contributed by atoms with E-state index in [1.807, 2.05) is 12.1 Å². The van der Waals surface area contributed by atoms with Crippen LogP contribution in [0.5, 0.6) is 0 Å². The van der Waals surface area contributed by atoms with Gasteiger partial charge in [-0.05, 0) is 25.0 Å². The van der Waals surface area contributed by atoms with Crippen LogP contribution in [-0.4, -0.2) is 41.0 Å². The van der Waals surface area contributed by atoms with Gasteiger partial charge in [0.25, 0.3) is 5.91 Å². The van der Waals surface area contributed by atoms with E-state index < -0.39 is 0 Å². The molecule has 7 heteroatoms. The predicted octanol–water partition coefficient (Wildman–Crippen LogP) is 2.74. The van der Waals surface area contributed by atoms with Gasteiger partial charge in [-0.25, -0.2) is 0 Å². The number of amides is 2. The summed E-state index contributed by atoms with van der Waals surface area (Å²) in [6, 6.07) is 8.83. The Morgan fingerprint density at radius 2 is 2.04 bits per heavy atom. The lowest BCUT2D eigenvalue weighted by Gasteiger charge is -2.31. The van der Waals surface area contributed by atoms with Crippen molar-refractivity contribution >= 4 is 23.4 Å². The van der Waals surface area contributed by atoms with Crippen LogP contribution in [0.3, 0.4) is 0 Å². The summed E-state index contributed by atoms with van der Waals surface area (Å²) >= 11 is 5.96. The van der Waals surface area contributed by atoms with Gasteiger partial charge in [-0.15, -0.1) is 0 Å². The summed E-state index contributed by atoms with van der Waals surface area (Å²) in [4.78, 5) is 25.4. The summed E-state index contributed by atoms with van der Waals surface area (Å²) in [7, 11) is 0. The number of halogens is 1. The van der Waals surface area contributed by atoms with Gasteiger partial charge < -0.3 is 14.7 Å². The monoisotopic (exact) mass is 347 g/mol. The van der Waals surface area contributed by atoms with Gasteiger partial charge in [0.1, 0.15) is 5.69 Å². The number of likely N-dealkylation sites (tertiary alicyclic amines) is 1. The minimum absolute atomic E-state index is 0.0350.